The molecule has 3 aliphatic heterocycles. The second kappa shape index (κ2) is 6.77. The van der Waals surface area contributed by atoms with Crippen LogP contribution in [0.15, 0.2) is 18.2 Å². The van der Waals surface area contributed by atoms with E-state index in [4.69, 9.17) is 0 Å². The lowest BCUT2D eigenvalue weighted by Gasteiger charge is -2.27. The number of rotatable bonds is 4. The van der Waals surface area contributed by atoms with Crippen molar-refractivity contribution in [2.24, 2.45) is 5.92 Å². The predicted octanol–water partition coefficient (Wildman–Crippen LogP) is 0.498. The van der Waals surface area contributed by atoms with Crippen molar-refractivity contribution in [1.29, 1.82) is 0 Å². The molecular formula is C19H22N4O4. The number of anilines is 1. The molecule has 0 bridgehead atoms. The first-order valence-electron chi connectivity index (χ1n) is 9.28. The van der Waals surface area contributed by atoms with Gasteiger partial charge in [0, 0.05) is 18.2 Å². The Morgan fingerprint density at radius 3 is 2.59 bits per heavy atom. The first-order chi connectivity index (χ1) is 13.0. The van der Waals surface area contributed by atoms with E-state index in [1.54, 1.807) is 18.2 Å². The van der Waals surface area contributed by atoms with Crippen LogP contribution in [-0.4, -0.2) is 53.7 Å². The monoisotopic (exact) mass is 370 g/mol. The van der Waals surface area contributed by atoms with Crippen molar-refractivity contribution in [3.05, 3.63) is 29.3 Å². The molecule has 4 amide bonds. The van der Waals surface area contributed by atoms with Crippen molar-refractivity contribution in [2.75, 3.05) is 18.4 Å². The summed E-state index contributed by atoms with van der Waals surface area (Å²) in [7, 11) is 0. The second-order valence-corrected chi connectivity index (χ2v) is 7.39. The lowest BCUT2D eigenvalue weighted by molar-refractivity contribution is -0.136. The number of fused-ring (bicyclic) bond motifs is 1. The molecule has 142 valence electrons. The van der Waals surface area contributed by atoms with E-state index in [9.17, 15) is 19.2 Å². The largest absolute Gasteiger partial charge is 0.382 e. The number of nitrogens with one attached hydrogen (secondary N) is 3. The fraction of sp³-hybridized carbons (Fsp3) is 0.474. The second-order valence-electron chi connectivity index (χ2n) is 7.39. The summed E-state index contributed by atoms with van der Waals surface area (Å²) in [5, 5.41) is 8.95. The van der Waals surface area contributed by atoms with Crippen LogP contribution in [0.3, 0.4) is 0 Å². The predicted molar refractivity (Wildman–Crippen MR) is 97.2 cm³/mol. The molecule has 0 radical (unpaired) electrons. The Morgan fingerprint density at radius 2 is 1.89 bits per heavy atom. The molecule has 8 nitrogen and oxygen atoms in total. The fourth-order valence-corrected chi connectivity index (χ4v) is 4.05. The molecule has 0 saturated carbocycles. The molecule has 3 unspecified atom stereocenters. The van der Waals surface area contributed by atoms with Gasteiger partial charge in [0.25, 0.3) is 11.8 Å². The highest BCUT2D eigenvalue weighted by molar-refractivity contribution is 6.23. The molecule has 1 aromatic carbocycles. The van der Waals surface area contributed by atoms with Gasteiger partial charge in [-0.2, -0.15) is 0 Å². The minimum absolute atomic E-state index is 0.115. The summed E-state index contributed by atoms with van der Waals surface area (Å²) in [5.74, 6) is -1.43. The van der Waals surface area contributed by atoms with Crippen molar-refractivity contribution in [3.8, 4) is 0 Å². The average molecular weight is 370 g/mol. The third kappa shape index (κ3) is 3.10. The Hall–Kier alpha value is -2.74. The maximum atomic E-state index is 12.8. The van der Waals surface area contributed by atoms with Gasteiger partial charge in [-0.1, -0.05) is 0 Å². The van der Waals surface area contributed by atoms with Gasteiger partial charge < -0.3 is 10.6 Å². The zero-order valence-electron chi connectivity index (χ0n) is 15.1. The zero-order valence-corrected chi connectivity index (χ0v) is 15.1. The molecule has 0 aliphatic carbocycles. The summed E-state index contributed by atoms with van der Waals surface area (Å²) >= 11 is 0. The maximum absolute atomic E-state index is 12.8. The van der Waals surface area contributed by atoms with E-state index < -0.39 is 23.8 Å². The molecule has 4 rings (SSSR count). The molecule has 3 aliphatic rings. The van der Waals surface area contributed by atoms with Crippen LogP contribution in [0, 0.1) is 5.92 Å². The molecule has 1 aromatic rings. The SMILES string of the molecule is CC(Nc1ccc2c(c1)C(=O)N(C1CCC(=O)NC1=O)C2=O)C1CCNC1. The number of benzene rings is 1. The minimum atomic E-state index is -0.935. The normalized spacial score (nSPS) is 26.2. The average Bonchev–Trinajstić information content (AvgIpc) is 3.25. The van der Waals surface area contributed by atoms with E-state index >= 15 is 0 Å². The number of hydrogen-bond acceptors (Lipinski definition) is 6. The molecule has 8 heteroatoms. The summed E-state index contributed by atoms with van der Waals surface area (Å²) in [6, 6.07) is 4.40. The van der Waals surface area contributed by atoms with Gasteiger partial charge in [0.05, 0.1) is 11.1 Å². The quantitative estimate of drug-likeness (QED) is 0.666. The van der Waals surface area contributed by atoms with Crippen LogP contribution in [0.4, 0.5) is 5.69 Å². The molecule has 0 spiro atoms. The summed E-state index contributed by atoms with van der Waals surface area (Å²) in [6.45, 7) is 4.07. The number of carbonyl (C=O) groups is 4. The van der Waals surface area contributed by atoms with E-state index in [0.29, 0.717) is 17.0 Å². The molecule has 0 aromatic heterocycles. The van der Waals surface area contributed by atoms with E-state index in [0.717, 1.165) is 30.1 Å². The minimum Gasteiger partial charge on any atom is -0.382 e. The highest BCUT2D eigenvalue weighted by Crippen LogP contribution is 2.30. The number of nitrogens with zero attached hydrogens (tertiary/aromatic N) is 1. The van der Waals surface area contributed by atoms with Crippen molar-refractivity contribution in [3.63, 3.8) is 0 Å². The molecule has 2 fully saturated rings. The van der Waals surface area contributed by atoms with Crippen LogP contribution in [0.1, 0.15) is 46.9 Å². The van der Waals surface area contributed by atoms with Crippen LogP contribution < -0.4 is 16.0 Å². The molecule has 3 heterocycles. The van der Waals surface area contributed by atoms with Gasteiger partial charge in [-0.3, -0.25) is 29.4 Å². The molecular weight excluding hydrogens is 348 g/mol. The number of hydrogen-bond donors (Lipinski definition) is 3. The first-order valence-corrected chi connectivity index (χ1v) is 9.28. The van der Waals surface area contributed by atoms with Crippen LogP contribution in [0.25, 0.3) is 0 Å². The Balaban J connectivity index is 1.54. The van der Waals surface area contributed by atoms with E-state index in [2.05, 4.69) is 22.9 Å². The highest BCUT2D eigenvalue weighted by atomic mass is 16.2. The third-order valence-electron chi connectivity index (χ3n) is 5.64. The van der Waals surface area contributed by atoms with E-state index in [1.165, 1.54) is 0 Å². The van der Waals surface area contributed by atoms with Crippen molar-refractivity contribution < 1.29 is 19.2 Å². The van der Waals surface area contributed by atoms with Crippen molar-refractivity contribution in [2.45, 2.75) is 38.3 Å². The molecule has 3 atom stereocenters. The standard InChI is InChI=1S/C19H22N4O4/c1-10(11-6-7-20-9-11)21-12-2-3-13-14(8-12)19(27)23(18(13)26)15-4-5-16(24)22-17(15)25/h2-3,8,10-11,15,20-21H,4-7,9H2,1H3,(H,22,24,25). The number of amides is 4. The summed E-state index contributed by atoms with van der Waals surface area (Å²) < 4.78 is 0. The topological polar surface area (TPSA) is 108 Å². The Bertz CT molecular complexity index is 831. The lowest BCUT2D eigenvalue weighted by atomic mass is 10.00. The Morgan fingerprint density at radius 1 is 1.11 bits per heavy atom. The van der Waals surface area contributed by atoms with Gasteiger partial charge >= 0.3 is 0 Å². The van der Waals surface area contributed by atoms with Gasteiger partial charge in [0.2, 0.25) is 11.8 Å². The molecule has 2 saturated heterocycles. The van der Waals surface area contributed by atoms with E-state index in [-0.39, 0.29) is 24.8 Å². The Kier molecular flexibility index (Phi) is 4.43. The smallest absolute Gasteiger partial charge is 0.262 e. The van der Waals surface area contributed by atoms with Gasteiger partial charge in [0.15, 0.2) is 0 Å². The summed E-state index contributed by atoms with van der Waals surface area (Å²) in [6.07, 6.45) is 1.37. The number of piperidine rings is 1. The summed E-state index contributed by atoms with van der Waals surface area (Å²) in [4.78, 5) is 49.9. The number of carbonyl (C=O) groups excluding carboxylic acids is 4. The fourth-order valence-electron chi connectivity index (χ4n) is 4.05. The summed E-state index contributed by atoms with van der Waals surface area (Å²) in [5.41, 5.74) is 1.37. The van der Waals surface area contributed by atoms with Gasteiger partial charge in [-0.05, 0) is 57.0 Å². The van der Waals surface area contributed by atoms with Crippen LogP contribution in [0.5, 0.6) is 0 Å². The van der Waals surface area contributed by atoms with Gasteiger partial charge in [-0.15, -0.1) is 0 Å². The van der Waals surface area contributed by atoms with Crippen molar-refractivity contribution >= 4 is 29.3 Å². The van der Waals surface area contributed by atoms with E-state index in [1.807, 2.05) is 0 Å². The van der Waals surface area contributed by atoms with Gasteiger partial charge in [0.1, 0.15) is 6.04 Å². The van der Waals surface area contributed by atoms with Crippen molar-refractivity contribution in [1.82, 2.24) is 15.5 Å². The van der Waals surface area contributed by atoms with Crippen LogP contribution in [-0.2, 0) is 9.59 Å². The molecule has 3 N–H and O–H groups in total. The zero-order chi connectivity index (χ0) is 19.1. The first kappa shape index (κ1) is 17.7. The molecule has 27 heavy (non-hydrogen) atoms. The third-order valence-corrected chi connectivity index (χ3v) is 5.64. The van der Waals surface area contributed by atoms with Crippen LogP contribution in [0.2, 0.25) is 0 Å². The number of imide groups is 2. The highest BCUT2D eigenvalue weighted by Gasteiger charge is 2.44. The maximum Gasteiger partial charge on any atom is 0.262 e. The lowest BCUT2D eigenvalue weighted by Crippen LogP contribution is -2.54. The van der Waals surface area contributed by atoms with Gasteiger partial charge in [-0.25, -0.2) is 0 Å². The van der Waals surface area contributed by atoms with Crippen LogP contribution >= 0.6 is 0 Å². The Labute approximate surface area is 156 Å².